The van der Waals surface area contributed by atoms with Gasteiger partial charge in [-0.15, -0.1) is 0 Å². The van der Waals surface area contributed by atoms with Crippen LogP contribution in [0.4, 0.5) is 0 Å². The summed E-state index contributed by atoms with van der Waals surface area (Å²) in [5, 5.41) is 2.87. The van der Waals surface area contributed by atoms with Crippen molar-refractivity contribution in [2.24, 2.45) is 5.92 Å². The molecular weight excluding hydrogens is 166 g/mol. The van der Waals surface area contributed by atoms with Crippen LogP contribution in [0.1, 0.15) is 13.3 Å². The molecular formula is C10H11NO2. The second-order valence-electron chi connectivity index (χ2n) is 3.70. The first-order valence-corrected chi connectivity index (χ1v) is 4.36. The van der Waals surface area contributed by atoms with Gasteiger partial charge in [-0.05, 0) is 18.6 Å². The third-order valence-corrected chi connectivity index (χ3v) is 2.54. The molecule has 3 heteroatoms. The Kier molecular flexibility index (Phi) is 1.62. The summed E-state index contributed by atoms with van der Waals surface area (Å²) in [5.74, 6) is 0.0746. The van der Waals surface area contributed by atoms with Crippen molar-refractivity contribution in [3.8, 4) is 0 Å². The van der Waals surface area contributed by atoms with Gasteiger partial charge in [0.2, 0.25) is 5.91 Å². The summed E-state index contributed by atoms with van der Waals surface area (Å²) in [6.45, 7) is 1.89. The first-order valence-electron chi connectivity index (χ1n) is 4.36. The average Bonchev–Trinajstić information content (AvgIpc) is 2.36. The number of hydrogen-bond acceptors (Lipinski definition) is 2. The summed E-state index contributed by atoms with van der Waals surface area (Å²) >= 11 is 0. The Hall–Kier alpha value is -1.38. The van der Waals surface area contributed by atoms with Crippen LogP contribution >= 0.6 is 0 Å². The van der Waals surface area contributed by atoms with Crippen LogP contribution in [-0.4, -0.2) is 17.2 Å². The molecule has 2 aliphatic rings. The number of amides is 1. The van der Waals surface area contributed by atoms with Crippen molar-refractivity contribution in [1.82, 2.24) is 5.32 Å². The predicted octanol–water partition coefficient (Wildman–Crippen LogP) is 0.576. The van der Waals surface area contributed by atoms with Crippen molar-refractivity contribution < 1.29 is 9.59 Å². The lowest BCUT2D eigenvalue weighted by atomic mass is 9.89. The van der Waals surface area contributed by atoms with Crippen molar-refractivity contribution >= 4 is 11.7 Å². The highest BCUT2D eigenvalue weighted by atomic mass is 16.2. The Labute approximate surface area is 76.5 Å². The van der Waals surface area contributed by atoms with E-state index in [0.29, 0.717) is 0 Å². The largest absolute Gasteiger partial charge is 0.343 e. The summed E-state index contributed by atoms with van der Waals surface area (Å²) in [6.07, 6.45) is 7.32. The van der Waals surface area contributed by atoms with E-state index in [9.17, 15) is 9.59 Å². The molecule has 1 spiro atoms. The molecule has 1 N–H and O–H groups in total. The molecule has 0 radical (unpaired) electrons. The summed E-state index contributed by atoms with van der Waals surface area (Å²) in [7, 11) is 0. The molecule has 2 rings (SSSR count). The number of carbonyl (C=O) groups excluding carboxylic acids is 2. The Morgan fingerprint density at radius 1 is 1.38 bits per heavy atom. The predicted molar refractivity (Wildman–Crippen MR) is 47.9 cm³/mol. The second-order valence-corrected chi connectivity index (χ2v) is 3.70. The molecule has 13 heavy (non-hydrogen) atoms. The third-order valence-electron chi connectivity index (χ3n) is 2.54. The number of nitrogens with one attached hydrogen (secondary N) is 1. The minimum absolute atomic E-state index is 0.0144. The van der Waals surface area contributed by atoms with Gasteiger partial charge >= 0.3 is 0 Å². The highest BCUT2D eigenvalue weighted by Crippen LogP contribution is 2.29. The molecule has 1 fully saturated rings. The minimum atomic E-state index is -0.385. The number of rotatable bonds is 0. The zero-order valence-corrected chi connectivity index (χ0v) is 7.41. The van der Waals surface area contributed by atoms with Gasteiger partial charge in [0.05, 0.1) is 5.54 Å². The van der Waals surface area contributed by atoms with Gasteiger partial charge in [-0.25, -0.2) is 0 Å². The van der Waals surface area contributed by atoms with Gasteiger partial charge < -0.3 is 5.32 Å². The van der Waals surface area contributed by atoms with Crippen molar-refractivity contribution in [1.29, 1.82) is 0 Å². The van der Waals surface area contributed by atoms with Crippen molar-refractivity contribution in [2.45, 2.75) is 18.9 Å². The Balaban J connectivity index is 2.26. The van der Waals surface area contributed by atoms with Crippen LogP contribution in [0.5, 0.6) is 0 Å². The number of allylic oxidation sites excluding steroid dienone is 2. The fourth-order valence-electron chi connectivity index (χ4n) is 1.80. The molecule has 1 aliphatic heterocycles. The van der Waals surface area contributed by atoms with E-state index >= 15 is 0 Å². The van der Waals surface area contributed by atoms with E-state index in [1.807, 2.05) is 6.92 Å². The molecule has 1 heterocycles. The van der Waals surface area contributed by atoms with Crippen LogP contribution in [0.15, 0.2) is 24.3 Å². The fraction of sp³-hybridized carbons (Fsp3) is 0.400. The normalized spacial score (nSPS) is 29.8. The van der Waals surface area contributed by atoms with Gasteiger partial charge in [-0.3, -0.25) is 9.59 Å². The highest BCUT2D eigenvalue weighted by molar-refractivity contribution is 6.01. The maximum Gasteiger partial charge on any atom is 0.223 e. The molecule has 3 nitrogen and oxygen atoms in total. The Bertz CT molecular complexity index is 312. The molecule has 0 aromatic rings. The maximum atomic E-state index is 11.3. The lowest BCUT2D eigenvalue weighted by Crippen LogP contribution is -2.38. The Morgan fingerprint density at radius 2 is 2.00 bits per heavy atom. The van der Waals surface area contributed by atoms with E-state index < -0.39 is 0 Å². The quantitative estimate of drug-likeness (QED) is 0.588. The standard InChI is InChI=1S/C10H11NO2/c1-7-6-10(11-9(7)13)4-2-8(12)3-5-10/h2-5,7H,6H2,1H3,(H,11,13). The van der Waals surface area contributed by atoms with Crippen LogP contribution in [0, 0.1) is 5.92 Å². The van der Waals surface area contributed by atoms with E-state index in [1.54, 1.807) is 12.2 Å². The van der Waals surface area contributed by atoms with Crippen LogP contribution < -0.4 is 5.32 Å². The lowest BCUT2D eigenvalue weighted by Gasteiger charge is -2.22. The molecule has 1 atom stereocenters. The molecule has 0 aromatic carbocycles. The van der Waals surface area contributed by atoms with Gasteiger partial charge in [0.1, 0.15) is 0 Å². The first-order chi connectivity index (χ1) is 6.11. The first kappa shape index (κ1) is 8.23. The molecule has 68 valence electrons. The average molecular weight is 177 g/mol. The maximum absolute atomic E-state index is 11.3. The van der Waals surface area contributed by atoms with E-state index in [4.69, 9.17) is 0 Å². The Morgan fingerprint density at radius 3 is 2.46 bits per heavy atom. The van der Waals surface area contributed by atoms with Gasteiger partial charge in [0, 0.05) is 5.92 Å². The summed E-state index contributed by atoms with van der Waals surface area (Å²) in [4.78, 5) is 22.1. The van der Waals surface area contributed by atoms with Crippen LogP contribution in [0.2, 0.25) is 0 Å². The SMILES string of the molecule is CC1CC2(C=CC(=O)C=C2)NC1=O. The van der Waals surface area contributed by atoms with Gasteiger partial charge in [-0.2, -0.15) is 0 Å². The monoisotopic (exact) mass is 177 g/mol. The lowest BCUT2D eigenvalue weighted by molar-refractivity contribution is -0.122. The topological polar surface area (TPSA) is 46.2 Å². The zero-order chi connectivity index (χ0) is 9.47. The van der Waals surface area contributed by atoms with E-state index in [1.165, 1.54) is 12.2 Å². The van der Waals surface area contributed by atoms with Gasteiger partial charge in [-0.1, -0.05) is 19.1 Å². The third kappa shape index (κ3) is 1.30. The summed E-state index contributed by atoms with van der Waals surface area (Å²) in [5.41, 5.74) is -0.385. The molecule has 0 bridgehead atoms. The molecule has 1 aliphatic carbocycles. The van der Waals surface area contributed by atoms with Gasteiger partial charge in [0.15, 0.2) is 5.78 Å². The molecule has 0 saturated carbocycles. The van der Waals surface area contributed by atoms with Crippen molar-refractivity contribution in [3.63, 3.8) is 0 Å². The number of hydrogen-bond donors (Lipinski definition) is 1. The molecule has 1 unspecified atom stereocenters. The van der Waals surface area contributed by atoms with E-state index in [0.717, 1.165) is 6.42 Å². The summed E-state index contributed by atoms with van der Waals surface area (Å²) in [6, 6.07) is 0. The van der Waals surface area contributed by atoms with Crippen LogP contribution in [0.3, 0.4) is 0 Å². The number of carbonyl (C=O) groups is 2. The second kappa shape index (κ2) is 2.55. The fourth-order valence-corrected chi connectivity index (χ4v) is 1.80. The van der Waals surface area contributed by atoms with Crippen molar-refractivity contribution in [3.05, 3.63) is 24.3 Å². The molecule has 1 saturated heterocycles. The van der Waals surface area contributed by atoms with Gasteiger partial charge in [0.25, 0.3) is 0 Å². The van der Waals surface area contributed by atoms with Crippen molar-refractivity contribution in [2.75, 3.05) is 0 Å². The smallest absolute Gasteiger partial charge is 0.223 e. The molecule has 0 aromatic heterocycles. The van der Waals surface area contributed by atoms with E-state index in [2.05, 4.69) is 5.32 Å². The summed E-state index contributed by atoms with van der Waals surface area (Å²) < 4.78 is 0. The molecule has 1 amide bonds. The minimum Gasteiger partial charge on any atom is -0.343 e. The zero-order valence-electron chi connectivity index (χ0n) is 7.41. The van der Waals surface area contributed by atoms with Crippen LogP contribution in [-0.2, 0) is 9.59 Å². The van der Waals surface area contributed by atoms with E-state index in [-0.39, 0.29) is 23.1 Å². The number of ketones is 1. The highest BCUT2D eigenvalue weighted by Gasteiger charge is 2.39. The van der Waals surface area contributed by atoms with Crippen LogP contribution in [0.25, 0.3) is 0 Å².